The zero-order chi connectivity index (χ0) is 22.9. The molecule has 0 aliphatic heterocycles. The summed E-state index contributed by atoms with van der Waals surface area (Å²) in [4.78, 5) is 39.5. The third-order valence-corrected chi connectivity index (χ3v) is 4.35. The molecule has 3 N–H and O–H groups in total. The highest BCUT2D eigenvalue weighted by molar-refractivity contribution is 5.92. The molecular weight excluding hydrogens is 386 g/mol. The predicted octanol–water partition coefficient (Wildman–Crippen LogP) is 3.11. The third kappa shape index (κ3) is 7.57. The molecule has 2 atom stereocenters. The van der Waals surface area contributed by atoms with E-state index in [1.54, 1.807) is 45.9 Å². The summed E-state index contributed by atoms with van der Waals surface area (Å²) in [6.07, 6.45) is 0.996. The first-order valence-corrected chi connectivity index (χ1v) is 10.4. The van der Waals surface area contributed by atoms with Crippen molar-refractivity contribution >= 4 is 17.9 Å². The van der Waals surface area contributed by atoms with E-state index in [1.807, 2.05) is 6.92 Å². The molecule has 0 saturated heterocycles. The lowest BCUT2D eigenvalue weighted by Gasteiger charge is -2.33. The van der Waals surface area contributed by atoms with Crippen LogP contribution in [0.2, 0.25) is 0 Å². The zero-order valence-electron chi connectivity index (χ0n) is 18.8. The smallest absolute Gasteiger partial charge is 0.408 e. The van der Waals surface area contributed by atoms with Gasteiger partial charge in [-0.15, -0.1) is 0 Å². The highest BCUT2D eigenvalue weighted by Gasteiger charge is 2.34. The minimum atomic E-state index is -1.02. The van der Waals surface area contributed by atoms with E-state index in [-0.39, 0.29) is 18.2 Å². The molecule has 0 aliphatic rings. The van der Waals surface area contributed by atoms with Gasteiger partial charge in [-0.05, 0) is 47.1 Å². The number of phenols is 1. The highest BCUT2D eigenvalue weighted by atomic mass is 16.6. The molecule has 0 aromatic heterocycles. The molecule has 1 aromatic carbocycles. The number of unbranched alkanes of at least 4 members (excludes halogenated alkanes) is 1. The Morgan fingerprint density at radius 1 is 1.17 bits per heavy atom. The van der Waals surface area contributed by atoms with Crippen LogP contribution in [0.1, 0.15) is 66.0 Å². The van der Waals surface area contributed by atoms with Crippen molar-refractivity contribution in [3.63, 3.8) is 0 Å². The van der Waals surface area contributed by atoms with Crippen molar-refractivity contribution in [1.82, 2.24) is 15.5 Å². The number of benzene rings is 1. The highest BCUT2D eigenvalue weighted by Crippen LogP contribution is 2.29. The van der Waals surface area contributed by atoms with E-state index >= 15 is 0 Å². The predicted molar refractivity (Wildman–Crippen MR) is 115 cm³/mol. The van der Waals surface area contributed by atoms with E-state index in [1.165, 1.54) is 17.9 Å². The summed E-state index contributed by atoms with van der Waals surface area (Å²) >= 11 is 0. The number of hydrogen-bond acceptors (Lipinski definition) is 5. The van der Waals surface area contributed by atoms with Crippen molar-refractivity contribution in [2.24, 2.45) is 0 Å². The molecule has 0 aliphatic carbocycles. The minimum Gasteiger partial charge on any atom is -0.508 e. The lowest BCUT2D eigenvalue weighted by Crippen LogP contribution is -2.51. The van der Waals surface area contributed by atoms with Gasteiger partial charge in [0.1, 0.15) is 23.4 Å². The van der Waals surface area contributed by atoms with E-state index in [2.05, 4.69) is 10.6 Å². The normalized spacial score (nSPS) is 13.1. The zero-order valence-corrected chi connectivity index (χ0v) is 18.8. The Morgan fingerprint density at radius 3 is 2.33 bits per heavy atom. The van der Waals surface area contributed by atoms with E-state index in [9.17, 15) is 19.5 Å². The average molecular weight is 422 g/mol. The van der Waals surface area contributed by atoms with Crippen molar-refractivity contribution in [1.29, 1.82) is 0 Å². The van der Waals surface area contributed by atoms with Crippen LogP contribution in [0.5, 0.6) is 5.75 Å². The van der Waals surface area contributed by atoms with Gasteiger partial charge in [-0.3, -0.25) is 9.59 Å². The van der Waals surface area contributed by atoms with E-state index < -0.39 is 29.7 Å². The number of carbonyl (C=O) groups excluding carboxylic acids is 3. The largest absolute Gasteiger partial charge is 0.508 e. The van der Waals surface area contributed by atoms with Gasteiger partial charge in [-0.25, -0.2) is 4.79 Å². The molecule has 8 heteroatoms. The maximum absolute atomic E-state index is 13.1. The summed E-state index contributed by atoms with van der Waals surface area (Å²) in [5, 5.41) is 15.7. The van der Waals surface area contributed by atoms with Gasteiger partial charge in [0.25, 0.3) is 0 Å². The molecule has 0 spiro atoms. The Bertz CT molecular complexity index is 730. The summed E-state index contributed by atoms with van der Waals surface area (Å²) in [5.41, 5.74) is -0.374. The summed E-state index contributed by atoms with van der Waals surface area (Å²) in [5.74, 6) is -0.918. The first-order chi connectivity index (χ1) is 14.0. The minimum absolute atomic E-state index is 0.0767. The Balaban J connectivity index is 3.12. The van der Waals surface area contributed by atoms with Crippen LogP contribution in [0.15, 0.2) is 24.3 Å². The molecular formula is C22H35N3O5. The number of hydrogen-bond donors (Lipinski definition) is 3. The second-order valence-corrected chi connectivity index (χ2v) is 8.10. The molecule has 30 heavy (non-hydrogen) atoms. The van der Waals surface area contributed by atoms with Crippen molar-refractivity contribution in [2.45, 2.75) is 72.1 Å². The molecule has 1 rings (SSSR count). The maximum Gasteiger partial charge on any atom is 0.408 e. The average Bonchev–Trinajstić information content (AvgIpc) is 2.64. The van der Waals surface area contributed by atoms with Gasteiger partial charge in [0.15, 0.2) is 0 Å². The molecule has 2 unspecified atom stereocenters. The van der Waals surface area contributed by atoms with Crippen LogP contribution in [0.3, 0.4) is 0 Å². The number of aromatic hydroxyl groups is 1. The SMILES string of the molecule is CCCCNC(=O)C(c1ccccc1O)N(CC)C(=O)C(C)NC(=O)OC(C)(C)C. The van der Waals surface area contributed by atoms with Crippen LogP contribution >= 0.6 is 0 Å². The molecule has 1 aromatic rings. The molecule has 8 nitrogen and oxygen atoms in total. The molecule has 0 heterocycles. The number of phenolic OH excluding ortho intramolecular Hbond substituents is 1. The topological polar surface area (TPSA) is 108 Å². The summed E-state index contributed by atoms with van der Waals surface area (Å²) < 4.78 is 5.21. The van der Waals surface area contributed by atoms with E-state index in [0.29, 0.717) is 12.1 Å². The van der Waals surface area contributed by atoms with Crippen LogP contribution in [-0.4, -0.2) is 52.6 Å². The summed E-state index contributed by atoms with van der Waals surface area (Å²) in [6.45, 7) is 11.1. The molecule has 0 bridgehead atoms. The number of nitrogens with one attached hydrogen (secondary N) is 2. The van der Waals surface area contributed by atoms with Gasteiger partial charge in [0, 0.05) is 18.7 Å². The summed E-state index contributed by atoms with van der Waals surface area (Å²) in [7, 11) is 0. The Kier molecular flexibility index (Phi) is 9.62. The number of ether oxygens (including phenoxy) is 1. The van der Waals surface area contributed by atoms with Crippen LogP contribution in [0.4, 0.5) is 4.79 Å². The second kappa shape index (κ2) is 11.4. The fraction of sp³-hybridized carbons (Fsp3) is 0.591. The lowest BCUT2D eigenvalue weighted by molar-refractivity contribution is -0.142. The first kappa shape index (κ1) is 25.3. The van der Waals surface area contributed by atoms with Crippen LogP contribution in [0, 0.1) is 0 Å². The Labute approximate surface area is 179 Å². The Hall–Kier alpha value is -2.77. The van der Waals surface area contributed by atoms with Gasteiger partial charge >= 0.3 is 6.09 Å². The molecule has 0 saturated carbocycles. The van der Waals surface area contributed by atoms with Crippen molar-refractivity contribution in [3.05, 3.63) is 29.8 Å². The lowest BCUT2D eigenvalue weighted by atomic mass is 10.0. The fourth-order valence-electron chi connectivity index (χ4n) is 2.91. The quantitative estimate of drug-likeness (QED) is 0.531. The number of likely N-dealkylation sites (N-methyl/N-ethyl adjacent to an activating group) is 1. The van der Waals surface area contributed by atoms with Gasteiger partial charge in [0.2, 0.25) is 11.8 Å². The first-order valence-electron chi connectivity index (χ1n) is 10.4. The van der Waals surface area contributed by atoms with Gasteiger partial charge in [0.05, 0.1) is 0 Å². The third-order valence-electron chi connectivity index (χ3n) is 4.35. The molecule has 0 radical (unpaired) electrons. The fourth-order valence-corrected chi connectivity index (χ4v) is 2.91. The van der Waals surface area contributed by atoms with Crippen LogP contribution < -0.4 is 10.6 Å². The molecule has 0 fully saturated rings. The second-order valence-electron chi connectivity index (χ2n) is 8.10. The van der Waals surface area contributed by atoms with Gasteiger partial charge in [-0.1, -0.05) is 31.5 Å². The van der Waals surface area contributed by atoms with Gasteiger partial charge < -0.3 is 25.4 Å². The van der Waals surface area contributed by atoms with Crippen molar-refractivity contribution < 1.29 is 24.2 Å². The number of rotatable bonds is 9. The van der Waals surface area contributed by atoms with Crippen LogP contribution in [0.25, 0.3) is 0 Å². The monoisotopic (exact) mass is 421 g/mol. The van der Waals surface area contributed by atoms with Gasteiger partial charge in [-0.2, -0.15) is 0 Å². The Morgan fingerprint density at radius 2 is 1.80 bits per heavy atom. The number of alkyl carbamates (subject to hydrolysis) is 1. The number of carbonyl (C=O) groups is 3. The number of para-hydroxylation sites is 1. The molecule has 168 valence electrons. The van der Waals surface area contributed by atoms with Crippen molar-refractivity contribution in [2.75, 3.05) is 13.1 Å². The van der Waals surface area contributed by atoms with E-state index in [4.69, 9.17) is 4.74 Å². The number of amides is 3. The summed E-state index contributed by atoms with van der Waals surface area (Å²) in [6, 6.07) is 4.49. The maximum atomic E-state index is 13.1. The number of nitrogens with zero attached hydrogens (tertiary/aromatic N) is 1. The van der Waals surface area contributed by atoms with Crippen molar-refractivity contribution in [3.8, 4) is 5.75 Å². The molecule has 3 amide bonds. The standard InChI is InChI=1S/C22H35N3O5/c1-7-9-14-23-19(27)18(16-12-10-11-13-17(16)26)25(8-2)20(28)15(3)24-21(29)30-22(4,5)6/h10-13,15,18,26H,7-9,14H2,1-6H3,(H,23,27)(H,24,29). The van der Waals surface area contributed by atoms with Crippen LogP contribution in [-0.2, 0) is 14.3 Å². The van der Waals surface area contributed by atoms with E-state index in [0.717, 1.165) is 12.8 Å².